The molecule has 3 N–H and O–H groups in total. The van der Waals surface area contributed by atoms with Gasteiger partial charge in [0.1, 0.15) is 25.1 Å². The van der Waals surface area contributed by atoms with Gasteiger partial charge in [-0.15, -0.1) is 0 Å². The molecule has 23 heavy (non-hydrogen) atoms. The van der Waals surface area contributed by atoms with E-state index in [2.05, 4.69) is 0 Å². The van der Waals surface area contributed by atoms with Gasteiger partial charge in [-0.25, -0.2) is 4.79 Å². The van der Waals surface area contributed by atoms with E-state index in [0.29, 0.717) is 0 Å². The van der Waals surface area contributed by atoms with E-state index in [1.807, 2.05) is 11.1 Å². The van der Waals surface area contributed by atoms with Crippen molar-refractivity contribution < 1.29 is 24.4 Å². The van der Waals surface area contributed by atoms with Gasteiger partial charge in [-0.05, 0) is 0 Å². The third kappa shape index (κ3) is 4.25. The number of aliphatic hydroxyl groups is 2. The fraction of sp³-hybridized carbons (Fsp3) is 0.615. The van der Waals surface area contributed by atoms with Crippen LogP contribution in [0.1, 0.15) is 12.6 Å². The van der Waals surface area contributed by atoms with Crippen molar-refractivity contribution in [3.63, 3.8) is 0 Å². The molecule has 0 radical (unpaired) electrons. The monoisotopic (exact) mass is 327 g/mol. The lowest BCUT2D eigenvalue weighted by molar-refractivity contribution is -0.111. The second-order valence-corrected chi connectivity index (χ2v) is 4.87. The molecule has 1 aliphatic heterocycles. The normalized spacial score (nSPS) is 27.0. The first kappa shape index (κ1) is 17.3. The number of ether oxygens (including phenoxy) is 3. The van der Waals surface area contributed by atoms with Crippen LogP contribution < -0.4 is 11.2 Å². The maximum absolute atomic E-state index is 11.7. The van der Waals surface area contributed by atoms with Gasteiger partial charge in [-0.1, -0.05) is 0 Å². The van der Waals surface area contributed by atoms with Crippen molar-refractivity contribution in [2.24, 2.45) is 0 Å². The van der Waals surface area contributed by atoms with Gasteiger partial charge in [0.25, 0.3) is 5.56 Å². The number of nitrogens with one attached hydrogen (secondary N) is 1. The summed E-state index contributed by atoms with van der Waals surface area (Å²) in [6.07, 6.45) is -3.21. The molecule has 1 saturated heterocycles. The lowest BCUT2D eigenvalue weighted by Gasteiger charge is -2.16. The number of hydrogen-bond donors (Lipinski definition) is 3. The first-order valence-electron chi connectivity index (χ1n) is 6.90. The molecule has 10 heteroatoms. The largest absolute Gasteiger partial charge is 0.387 e. The maximum Gasteiger partial charge on any atom is 0.330 e. The van der Waals surface area contributed by atoms with Crippen molar-refractivity contribution in [2.75, 3.05) is 20.0 Å². The molecule has 2 heterocycles. The van der Waals surface area contributed by atoms with Crippen LogP contribution >= 0.6 is 0 Å². The van der Waals surface area contributed by atoms with Crippen molar-refractivity contribution in [3.8, 4) is 6.07 Å². The van der Waals surface area contributed by atoms with Gasteiger partial charge in [0.15, 0.2) is 6.23 Å². The summed E-state index contributed by atoms with van der Waals surface area (Å²) in [6.45, 7) is 0.0651. The second-order valence-electron chi connectivity index (χ2n) is 4.87. The molecule has 1 aromatic rings. The number of aromatic nitrogens is 2. The standard InChI is InChI=1S/C13H17N3O7/c14-3-1-5-21-7-22-6-8-10(18)11(19)12(23-8)16-4-2-9(17)15-13(16)20/h2,4,8,10-12,18-19H,1,5-7H2,(H,15,17,20)/t8-,10-,11-,12-/m1/s1. The number of H-pyrrole nitrogens is 1. The number of aromatic amines is 1. The fourth-order valence-electron chi connectivity index (χ4n) is 2.12. The highest BCUT2D eigenvalue weighted by atomic mass is 16.7. The summed E-state index contributed by atoms with van der Waals surface area (Å²) in [6, 6.07) is 3.02. The zero-order valence-corrected chi connectivity index (χ0v) is 12.1. The molecule has 1 aliphatic rings. The average Bonchev–Trinajstić information content (AvgIpc) is 2.79. The minimum absolute atomic E-state index is 0.0701. The van der Waals surface area contributed by atoms with Crippen molar-refractivity contribution in [2.45, 2.75) is 31.0 Å². The Labute approximate surface area is 130 Å². The summed E-state index contributed by atoms with van der Waals surface area (Å²) in [5.41, 5.74) is -1.33. The Kier molecular flexibility index (Phi) is 6.03. The van der Waals surface area contributed by atoms with E-state index < -0.39 is 35.8 Å². The Balaban J connectivity index is 1.92. The van der Waals surface area contributed by atoms with Gasteiger partial charge in [-0.3, -0.25) is 14.3 Å². The molecule has 0 spiro atoms. The van der Waals surface area contributed by atoms with Crippen LogP contribution in [0, 0.1) is 11.3 Å². The Morgan fingerprint density at radius 2 is 2.13 bits per heavy atom. The third-order valence-electron chi connectivity index (χ3n) is 3.27. The van der Waals surface area contributed by atoms with Crippen LogP contribution in [0.15, 0.2) is 21.9 Å². The molecule has 126 valence electrons. The van der Waals surface area contributed by atoms with Crippen molar-refractivity contribution in [3.05, 3.63) is 33.1 Å². The molecule has 0 amide bonds. The third-order valence-corrected chi connectivity index (χ3v) is 3.27. The molecular formula is C13H17N3O7. The van der Waals surface area contributed by atoms with Gasteiger partial charge in [0, 0.05) is 12.3 Å². The first-order chi connectivity index (χ1) is 11.0. The molecule has 0 bridgehead atoms. The van der Waals surface area contributed by atoms with Crippen LogP contribution in [0.3, 0.4) is 0 Å². The van der Waals surface area contributed by atoms with Gasteiger partial charge in [0.05, 0.1) is 25.7 Å². The van der Waals surface area contributed by atoms with Gasteiger partial charge in [0.2, 0.25) is 0 Å². The second kappa shape index (κ2) is 8.00. The van der Waals surface area contributed by atoms with E-state index in [4.69, 9.17) is 19.5 Å². The summed E-state index contributed by atoms with van der Waals surface area (Å²) in [4.78, 5) is 24.8. The Bertz CT molecular complexity index is 665. The Hall–Kier alpha value is -2.03. The molecule has 2 rings (SSSR count). The number of hydrogen-bond acceptors (Lipinski definition) is 8. The van der Waals surface area contributed by atoms with Crippen LogP contribution in [-0.4, -0.2) is 58.1 Å². The molecule has 0 saturated carbocycles. The van der Waals surface area contributed by atoms with Crippen LogP contribution in [0.5, 0.6) is 0 Å². The number of nitrogens with zero attached hydrogens (tertiary/aromatic N) is 2. The van der Waals surface area contributed by atoms with E-state index in [-0.39, 0.29) is 26.4 Å². The minimum Gasteiger partial charge on any atom is -0.387 e. The smallest absolute Gasteiger partial charge is 0.330 e. The highest BCUT2D eigenvalue weighted by molar-refractivity contribution is 4.93. The lowest BCUT2D eigenvalue weighted by atomic mass is 10.1. The lowest BCUT2D eigenvalue weighted by Crippen LogP contribution is -2.37. The van der Waals surface area contributed by atoms with E-state index in [1.165, 1.54) is 6.20 Å². The summed E-state index contributed by atoms with van der Waals surface area (Å²) >= 11 is 0. The topological polar surface area (TPSA) is 147 Å². The summed E-state index contributed by atoms with van der Waals surface area (Å²) in [5.74, 6) is 0. The zero-order chi connectivity index (χ0) is 16.8. The summed E-state index contributed by atoms with van der Waals surface area (Å²) in [5, 5.41) is 28.3. The van der Waals surface area contributed by atoms with Crippen LogP contribution in [0.25, 0.3) is 0 Å². The average molecular weight is 327 g/mol. The predicted molar refractivity (Wildman–Crippen MR) is 74.2 cm³/mol. The molecular weight excluding hydrogens is 310 g/mol. The van der Waals surface area contributed by atoms with Crippen molar-refractivity contribution in [1.82, 2.24) is 9.55 Å². The predicted octanol–water partition coefficient (Wildman–Crippen LogP) is -1.94. The van der Waals surface area contributed by atoms with Crippen molar-refractivity contribution >= 4 is 0 Å². The van der Waals surface area contributed by atoms with Crippen LogP contribution in [-0.2, 0) is 14.2 Å². The Morgan fingerprint density at radius 3 is 2.83 bits per heavy atom. The minimum atomic E-state index is -1.35. The van der Waals surface area contributed by atoms with E-state index in [1.54, 1.807) is 0 Å². The number of aliphatic hydroxyl groups excluding tert-OH is 2. The van der Waals surface area contributed by atoms with Crippen LogP contribution in [0.2, 0.25) is 0 Å². The van der Waals surface area contributed by atoms with Gasteiger partial charge in [-0.2, -0.15) is 5.26 Å². The highest BCUT2D eigenvalue weighted by Gasteiger charge is 2.44. The van der Waals surface area contributed by atoms with Gasteiger partial charge < -0.3 is 24.4 Å². The molecule has 0 unspecified atom stereocenters. The fourth-order valence-corrected chi connectivity index (χ4v) is 2.12. The van der Waals surface area contributed by atoms with Crippen LogP contribution in [0.4, 0.5) is 0 Å². The summed E-state index contributed by atoms with van der Waals surface area (Å²) in [7, 11) is 0. The molecule has 1 fully saturated rings. The summed E-state index contributed by atoms with van der Waals surface area (Å²) < 4.78 is 16.6. The SMILES string of the molecule is N#CCCOCOC[C@H]1O[C@@H](n2ccc(=O)[nH]c2=O)[C@H](O)[C@@H]1O. The number of rotatable bonds is 7. The van der Waals surface area contributed by atoms with E-state index in [0.717, 1.165) is 10.6 Å². The highest BCUT2D eigenvalue weighted by Crippen LogP contribution is 2.28. The van der Waals surface area contributed by atoms with E-state index in [9.17, 15) is 19.8 Å². The quantitative estimate of drug-likeness (QED) is 0.387. The molecule has 0 aliphatic carbocycles. The Morgan fingerprint density at radius 1 is 1.35 bits per heavy atom. The molecule has 0 aromatic carbocycles. The molecule has 4 atom stereocenters. The van der Waals surface area contributed by atoms with E-state index >= 15 is 0 Å². The maximum atomic E-state index is 11.7. The molecule has 10 nitrogen and oxygen atoms in total. The van der Waals surface area contributed by atoms with Crippen molar-refractivity contribution in [1.29, 1.82) is 5.26 Å². The first-order valence-corrected chi connectivity index (χ1v) is 6.90. The number of nitriles is 1. The van der Waals surface area contributed by atoms with Gasteiger partial charge >= 0.3 is 5.69 Å². The molecule has 1 aromatic heterocycles. The zero-order valence-electron chi connectivity index (χ0n) is 12.1.